The highest BCUT2D eigenvalue weighted by Gasteiger charge is 2.28. The van der Waals surface area contributed by atoms with Gasteiger partial charge in [0.2, 0.25) is 5.91 Å². The topological polar surface area (TPSA) is 61.9 Å². The predicted octanol–water partition coefficient (Wildman–Crippen LogP) is 6.55. The highest BCUT2D eigenvalue weighted by Crippen LogP contribution is 2.38. The van der Waals surface area contributed by atoms with E-state index in [0.29, 0.717) is 30.5 Å². The monoisotopic (exact) mass is 448 g/mol. The number of rotatable bonds is 8. The van der Waals surface area contributed by atoms with Gasteiger partial charge in [-0.25, -0.2) is 4.98 Å². The Morgan fingerprint density at radius 2 is 1.88 bits per heavy atom. The molecular formula is C28H40N4O. The van der Waals surface area contributed by atoms with E-state index in [2.05, 4.69) is 29.4 Å². The lowest BCUT2D eigenvalue weighted by Crippen LogP contribution is -2.41. The molecule has 1 amide bonds. The molecule has 2 aliphatic rings. The first-order valence-electron chi connectivity index (χ1n) is 13.3. The van der Waals surface area contributed by atoms with E-state index in [1.165, 1.54) is 57.8 Å². The summed E-state index contributed by atoms with van der Waals surface area (Å²) in [5, 5.41) is 9.35. The molecule has 5 nitrogen and oxygen atoms in total. The standard InChI is InChI=1S/C28H40N4O/c1-3-8-21-11-14-23(15-12-21)28-30-25-19-22(20-29)13-16-26(25)32(28)18-17-27(33)31(4-2)24-9-6-5-7-10-24/h13,16,19,21,23-24H,3-12,14-15,17-18H2,1-2H3/t21-,23-. The van der Waals surface area contributed by atoms with Crippen molar-refractivity contribution in [3.63, 3.8) is 0 Å². The number of aromatic nitrogens is 2. The van der Waals surface area contributed by atoms with Crippen molar-refractivity contribution in [1.82, 2.24) is 14.5 Å². The molecule has 1 heterocycles. The molecule has 33 heavy (non-hydrogen) atoms. The number of benzene rings is 1. The van der Waals surface area contributed by atoms with Crippen molar-refractivity contribution in [2.24, 2.45) is 5.92 Å². The van der Waals surface area contributed by atoms with Crippen LogP contribution in [0, 0.1) is 17.2 Å². The number of hydrogen-bond donors (Lipinski definition) is 0. The van der Waals surface area contributed by atoms with Crippen LogP contribution in [0.1, 0.15) is 108 Å². The Morgan fingerprint density at radius 1 is 1.12 bits per heavy atom. The number of imidazole rings is 1. The molecule has 0 aliphatic heterocycles. The van der Waals surface area contributed by atoms with Gasteiger partial charge in [-0.1, -0.05) is 39.0 Å². The van der Waals surface area contributed by atoms with Gasteiger partial charge < -0.3 is 9.47 Å². The van der Waals surface area contributed by atoms with Gasteiger partial charge in [0.25, 0.3) is 0 Å². The number of carbonyl (C=O) groups is 1. The number of hydrogen-bond acceptors (Lipinski definition) is 3. The second-order valence-electron chi connectivity index (χ2n) is 10.2. The summed E-state index contributed by atoms with van der Waals surface area (Å²) in [6, 6.07) is 8.47. The lowest BCUT2D eigenvalue weighted by Gasteiger charge is -2.34. The largest absolute Gasteiger partial charge is 0.340 e. The van der Waals surface area contributed by atoms with Crippen LogP contribution in [-0.2, 0) is 11.3 Å². The first-order valence-corrected chi connectivity index (χ1v) is 13.3. The average molecular weight is 449 g/mol. The van der Waals surface area contributed by atoms with E-state index in [1.54, 1.807) is 0 Å². The molecule has 1 aromatic heterocycles. The number of nitriles is 1. The van der Waals surface area contributed by atoms with E-state index in [1.807, 2.05) is 18.2 Å². The van der Waals surface area contributed by atoms with Crippen molar-refractivity contribution in [3.05, 3.63) is 29.6 Å². The maximum absolute atomic E-state index is 13.3. The van der Waals surface area contributed by atoms with Crippen molar-refractivity contribution in [3.8, 4) is 6.07 Å². The first-order chi connectivity index (χ1) is 16.1. The van der Waals surface area contributed by atoms with Crippen molar-refractivity contribution in [1.29, 1.82) is 5.26 Å². The number of aryl methyl sites for hydroxylation is 1. The van der Waals surface area contributed by atoms with Crippen LogP contribution in [-0.4, -0.2) is 32.9 Å². The van der Waals surface area contributed by atoms with Crippen LogP contribution in [0.4, 0.5) is 0 Å². The minimum absolute atomic E-state index is 0.275. The van der Waals surface area contributed by atoms with Gasteiger partial charge in [-0.05, 0) is 69.6 Å². The summed E-state index contributed by atoms with van der Waals surface area (Å²) in [6.45, 7) is 5.87. The Balaban J connectivity index is 1.54. The van der Waals surface area contributed by atoms with E-state index in [9.17, 15) is 10.1 Å². The SMILES string of the molecule is CCC[C@H]1CC[C@H](c2nc3cc(C#N)ccc3n2CCC(=O)N(CC)C2CCCCC2)CC1. The Morgan fingerprint density at radius 3 is 2.55 bits per heavy atom. The third-order valence-electron chi connectivity index (χ3n) is 8.04. The minimum atomic E-state index is 0.275. The molecule has 2 saturated carbocycles. The fraction of sp³-hybridized carbons (Fsp3) is 0.679. The second kappa shape index (κ2) is 11.2. The molecule has 0 atom stereocenters. The van der Waals surface area contributed by atoms with E-state index < -0.39 is 0 Å². The van der Waals surface area contributed by atoms with Crippen LogP contribution in [0.15, 0.2) is 18.2 Å². The summed E-state index contributed by atoms with van der Waals surface area (Å²) in [7, 11) is 0. The van der Waals surface area contributed by atoms with Gasteiger partial charge in [0.05, 0.1) is 22.7 Å². The van der Waals surface area contributed by atoms with Crippen molar-refractivity contribution in [2.45, 2.75) is 109 Å². The summed E-state index contributed by atoms with van der Waals surface area (Å²) in [4.78, 5) is 20.4. The van der Waals surface area contributed by atoms with Gasteiger partial charge in [0.15, 0.2) is 0 Å². The maximum Gasteiger partial charge on any atom is 0.224 e. The van der Waals surface area contributed by atoms with Gasteiger partial charge in [-0.3, -0.25) is 4.79 Å². The lowest BCUT2D eigenvalue weighted by atomic mass is 9.79. The normalized spacial score (nSPS) is 21.7. The van der Waals surface area contributed by atoms with Gasteiger partial charge in [0.1, 0.15) is 5.82 Å². The number of nitrogens with zero attached hydrogens (tertiary/aromatic N) is 4. The molecule has 0 radical (unpaired) electrons. The molecule has 4 rings (SSSR count). The number of fused-ring (bicyclic) bond motifs is 1. The Bertz CT molecular complexity index is 974. The molecule has 0 unspecified atom stereocenters. The van der Waals surface area contributed by atoms with Crippen molar-refractivity contribution < 1.29 is 4.79 Å². The summed E-state index contributed by atoms with van der Waals surface area (Å²) in [5.41, 5.74) is 2.61. The van der Waals surface area contributed by atoms with Crippen LogP contribution in [0.5, 0.6) is 0 Å². The van der Waals surface area contributed by atoms with Crippen molar-refractivity contribution >= 4 is 16.9 Å². The summed E-state index contributed by atoms with van der Waals surface area (Å²) < 4.78 is 2.30. The zero-order valence-electron chi connectivity index (χ0n) is 20.6. The summed E-state index contributed by atoms with van der Waals surface area (Å²) in [5.74, 6) is 2.71. The Labute approximate surface area is 199 Å². The molecule has 1 aromatic carbocycles. The van der Waals surface area contributed by atoms with Crippen molar-refractivity contribution in [2.75, 3.05) is 6.54 Å². The van der Waals surface area contributed by atoms with Crippen LogP contribution in [0.3, 0.4) is 0 Å². The third-order valence-corrected chi connectivity index (χ3v) is 8.04. The molecule has 178 valence electrons. The van der Waals surface area contributed by atoms with Gasteiger partial charge in [-0.15, -0.1) is 0 Å². The maximum atomic E-state index is 13.3. The van der Waals surface area contributed by atoms with Crippen LogP contribution < -0.4 is 0 Å². The van der Waals surface area contributed by atoms with E-state index >= 15 is 0 Å². The lowest BCUT2D eigenvalue weighted by molar-refractivity contribution is -0.134. The number of carbonyl (C=O) groups excluding carboxylic acids is 1. The Hall–Kier alpha value is -2.35. The molecule has 5 heteroatoms. The molecule has 0 saturated heterocycles. The van der Waals surface area contributed by atoms with E-state index in [4.69, 9.17) is 4.98 Å². The van der Waals surface area contributed by atoms with Gasteiger partial charge in [-0.2, -0.15) is 5.26 Å². The van der Waals surface area contributed by atoms with Gasteiger partial charge in [0, 0.05) is 31.5 Å². The molecule has 2 aliphatic carbocycles. The predicted molar refractivity (Wildman–Crippen MR) is 133 cm³/mol. The highest BCUT2D eigenvalue weighted by molar-refractivity contribution is 5.79. The molecule has 0 spiro atoms. The minimum Gasteiger partial charge on any atom is -0.340 e. The molecule has 0 N–H and O–H groups in total. The quantitative estimate of drug-likeness (QED) is 0.460. The fourth-order valence-electron chi connectivity index (χ4n) is 6.26. The summed E-state index contributed by atoms with van der Waals surface area (Å²) >= 11 is 0. The number of amides is 1. The molecular weight excluding hydrogens is 408 g/mol. The fourth-order valence-corrected chi connectivity index (χ4v) is 6.26. The highest BCUT2D eigenvalue weighted by atomic mass is 16.2. The average Bonchev–Trinajstić information content (AvgIpc) is 3.22. The summed E-state index contributed by atoms with van der Waals surface area (Å²) in [6.07, 6.45) is 14.1. The molecule has 0 bridgehead atoms. The zero-order valence-corrected chi connectivity index (χ0v) is 20.6. The van der Waals surface area contributed by atoms with Gasteiger partial charge >= 0.3 is 0 Å². The molecule has 2 aromatic rings. The first kappa shape index (κ1) is 23.8. The Kier molecular flexibility index (Phi) is 8.06. The second-order valence-corrected chi connectivity index (χ2v) is 10.2. The van der Waals surface area contributed by atoms with Crippen LogP contribution in [0.2, 0.25) is 0 Å². The smallest absolute Gasteiger partial charge is 0.224 e. The van der Waals surface area contributed by atoms with Crippen LogP contribution >= 0.6 is 0 Å². The zero-order chi connectivity index (χ0) is 23.2. The van der Waals surface area contributed by atoms with Crippen LogP contribution in [0.25, 0.3) is 11.0 Å². The van der Waals surface area contributed by atoms with E-state index in [0.717, 1.165) is 42.2 Å². The molecule has 2 fully saturated rings. The third kappa shape index (κ3) is 5.42. The van der Waals surface area contributed by atoms with E-state index in [-0.39, 0.29) is 5.91 Å².